The van der Waals surface area contributed by atoms with Gasteiger partial charge in [0.25, 0.3) is 0 Å². The SMILES string of the molecule is C=C(/C=C\C(=C)OC)Nc1ncc(C)c(-c2cc(CNS(C)=O)c(CCC)o2)n1.CCN(C)CCNC. The molecule has 9 nitrogen and oxygen atoms in total. The van der Waals surface area contributed by atoms with Gasteiger partial charge in [0.15, 0.2) is 5.76 Å². The van der Waals surface area contributed by atoms with Crippen molar-refractivity contribution in [1.29, 1.82) is 0 Å². The lowest BCUT2D eigenvalue weighted by Crippen LogP contribution is -2.26. The van der Waals surface area contributed by atoms with E-state index in [4.69, 9.17) is 9.15 Å². The molecule has 0 saturated carbocycles. The molecule has 10 heteroatoms. The zero-order valence-corrected chi connectivity index (χ0v) is 24.3. The number of anilines is 1. The first-order chi connectivity index (χ1) is 17.6. The minimum atomic E-state index is -1.09. The summed E-state index contributed by atoms with van der Waals surface area (Å²) in [5.74, 6) is 2.46. The van der Waals surface area contributed by atoms with Gasteiger partial charge >= 0.3 is 0 Å². The average Bonchev–Trinajstić information content (AvgIpc) is 3.28. The minimum Gasteiger partial charge on any atom is -0.497 e. The first-order valence-electron chi connectivity index (χ1n) is 12.4. The van der Waals surface area contributed by atoms with Crippen LogP contribution in [0, 0.1) is 6.92 Å². The Kier molecular flexibility index (Phi) is 15.4. The van der Waals surface area contributed by atoms with E-state index in [1.807, 2.05) is 20.0 Å². The van der Waals surface area contributed by atoms with Crippen molar-refractivity contribution in [3.63, 3.8) is 0 Å². The maximum absolute atomic E-state index is 11.4. The van der Waals surface area contributed by atoms with E-state index < -0.39 is 11.0 Å². The van der Waals surface area contributed by atoms with Crippen LogP contribution in [-0.2, 0) is 28.7 Å². The highest BCUT2D eigenvalue weighted by atomic mass is 32.2. The fourth-order valence-electron chi connectivity index (χ4n) is 3.01. The van der Waals surface area contributed by atoms with Gasteiger partial charge < -0.3 is 24.7 Å². The Morgan fingerprint density at radius 1 is 1.30 bits per heavy atom. The van der Waals surface area contributed by atoms with Crippen molar-refractivity contribution in [3.8, 4) is 11.5 Å². The summed E-state index contributed by atoms with van der Waals surface area (Å²) in [4.78, 5) is 11.2. The fourth-order valence-corrected chi connectivity index (χ4v) is 3.37. The first-order valence-corrected chi connectivity index (χ1v) is 13.9. The van der Waals surface area contributed by atoms with Crippen molar-refractivity contribution >= 4 is 16.9 Å². The molecule has 37 heavy (non-hydrogen) atoms. The number of likely N-dealkylation sites (N-methyl/N-ethyl adjacent to an activating group) is 2. The zero-order valence-electron chi connectivity index (χ0n) is 23.4. The van der Waals surface area contributed by atoms with Crippen molar-refractivity contribution in [2.24, 2.45) is 0 Å². The van der Waals surface area contributed by atoms with Gasteiger partial charge in [0.1, 0.15) is 17.2 Å². The number of nitrogens with zero attached hydrogens (tertiary/aromatic N) is 3. The summed E-state index contributed by atoms with van der Waals surface area (Å²) in [5, 5.41) is 6.14. The number of ether oxygens (including phenoxy) is 1. The second-order valence-electron chi connectivity index (χ2n) is 8.46. The first kappa shape index (κ1) is 32.2. The number of aromatic nitrogens is 2. The number of hydrogen-bond acceptors (Lipinski definition) is 8. The summed E-state index contributed by atoms with van der Waals surface area (Å²) in [6.07, 6.45) is 8.52. The molecule has 0 amide bonds. The molecular formula is C27H44N6O3S. The number of rotatable bonds is 15. The molecule has 0 spiro atoms. The Hall–Kier alpha value is -2.79. The maximum Gasteiger partial charge on any atom is 0.227 e. The molecule has 0 aliphatic rings. The van der Waals surface area contributed by atoms with Gasteiger partial charge in [-0.15, -0.1) is 0 Å². The van der Waals surface area contributed by atoms with Crippen LogP contribution in [0.15, 0.2) is 53.4 Å². The fraction of sp³-hybridized carbons (Fsp3) is 0.481. The quantitative estimate of drug-likeness (QED) is 0.232. The van der Waals surface area contributed by atoms with E-state index >= 15 is 0 Å². The van der Waals surface area contributed by atoms with Crippen LogP contribution < -0.4 is 15.4 Å². The summed E-state index contributed by atoms with van der Waals surface area (Å²) in [6, 6.07) is 1.95. The van der Waals surface area contributed by atoms with E-state index in [1.165, 1.54) is 0 Å². The Bertz CT molecular complexity index is 1050. The Morgan fingerprint density at radius 3 is 2.62 bits per heavy atom. The van der Waals surface area contributed by atoms with Gasteiger partial charge in [0.05, 0.1) is 18.1 Å². The summed E-state index contributed by atoms with van der Waals surface area (Å²) >= 11 is 0. The number of furan rings is 1. The second kappa shape index (κ2) is 17.6. The van der Waals surface area contributed by atoms with Gasteiger partial charge in [-0.3, -0.25) is 0 Å². The van der Waals surface area contributed by atoms with E-state index in [1.54, 1.807) is 31.7 Å². The van der Waals surface area contributed by atoms with Gasteiger partial charge in [-0.2, -0.15) is 0 Å². The van der Waals surface area contributed by atoms with E-state index in [-0.39, 0.29) is 0 Å². The summed E-state index contributed by atoms with van der Waals surface area (Å²) < 4.78 is 25.4. The van der Waals surface area contributed by atoms with E-state index in [9.17, 15) is 4.21 Å². The number of aryl methyl sites for hydroxylation is 2. The number of methoxy groups -OCH3 is 1. The van der Waals surface area contributed by atoms with Crippen LogP contribution in [0.5, 0.6) is 0 Å². The molecule has 0 aliphatic carbocycles. The zero-order chi connectivity index (χ0) is 27.8. The van der Waals surface area contributed by atoms with Gasteiger partial charge in [-0.05, 0) is 57.8 Å². The second-order valence-corrected chi connectivity index (χ2v) is 9.66. The predicted octanol–water partition coefficient (Wildman–Crippen LogP) is 4.18. The number of allylic oxidation sites excluding steroid dienone is 2. The molecule has 2 aromatic rings. The van der Waals surface area contributed by atoms with Crippen LogP contribution in [0.1, 0.15) is 37.2 Å². The van der Waals surface area contributed by atoms with Crippen LogP contribution in [0.2, 0.25) is 0 Å². The maximum atomic E-state index is 11.4. The summed E-state index contributed by atoms with van der Waals surface area (Å²) in [7, 11) is 4.56. The lowest BCUT2D eigenvalue weighted by molar-refractivity contribution is 0.309. The van der Waals surface area contributed by atoms with Crippen molar-refractivity contribution in [2.75, 3.05) is 52.4 Å². The molecule has 3 N–H and O–H groups in total. The Morgan fingerprint density at radius 2 is 2.03 bits per heavy atom. The third kappa shape index (κ3) is 12.3. The van der Waals surface area contributed by atoms with E-state index in [0.717, 1.165) is 49.4 Å². The largest absolute Gasteiger partial charge is 0.497 e. The molecule has 0 fully saturated rings. The monoisotopic (exact) mass is 532 g/mol. The molecule has 0 bridgehead atoms. The van der Waals surface area contributed by atoms with Gasteiger partial charge in [0.2, 0.25) is 5.95 Å². The predicted molar refractivity (Wildman–Crippen MR) is 155 cm³/mol. The lowest BCUT2D eigenvalue weighted by atomic mass is 10.1. The van der Waals surface area contributed by atoms with Crippen molar-refractivity contribution in [3.05, 3.63) is 65.9 Å². The topological polar surface area (TPSA) is 105 Å². The summed E-state index contributed by atoms with van der Waals surface area (Å²) in [6.45, 7) is 17.7. The van der Waals surface area contributed by atoms with Crippen LogP contribution >= 0.6 is 0 Å². The van der Waals surface area contributed by atoms with Crippen molar-refractivity contribution < 1.29 is 13.4 Å². The highest BCUT2D eigenvalue weighted by Gasteiger charge is 2.16. The molecule has 0 aromatic carbocycles. The summed E-state index contributed by atoms with van der Waals surface area (Å²) in [5.41, 5.74) is 3.16. The van der Waals surface area contributed by atoms with Crippen LogP contribution in [-0.4, -0.2) is 66.2 Å². The Balaban J connectivity index is 0.000000738. The highest BCUT2D eigenvalue weighted by Crippen LogP contribution is 2.28. The van der Waals surface area contributed by atoms with Crippen LogP contribution in [0.25, 0.3) is 11.5 Å². The number of nitrogens with one attached hydrogen (secondary N) is 3. The van der Waals surface area contributed by atoms with Gasteiger partial charge in [-0.1, -0.05) is 27.0 Å². The molecule has 0 radical (unpaired) electrons. The van der Waals surface area contributed by atoms with Crippen molar-refractivity contribution in [1.82, 2.24) is 24.9 Å². The molecule has 0 saturated heterocycles. The molecule has 1 unspecified atom stereocenters. The van der Waals surface area contributed by atoms with Crippen LogP contribution in [0.4, 0.5) is 5.95 Å². The number of hydrogen-bond donors (Lipinski definition) is 3. The molecule has 2 heterocycles. The third-order valence-electron chi connectivity index (χ3n) is 5.33. The average molecular weight is 533 g/mol. The normalized spacial score (nSPS) is 11.8. The molecule has 2 rings (SSSR count). The highest BCUT2D eigenvalue weighted by molar-refractivity contribution is 7.82. The molecular weight excluding hydrogens is 488 g/mol. The van der Waals surface area contributed by atoms with E-state index in [2.05, 4.69) is 64.3 Å². The molecule has 2 aromatic heterocycles. The van der Waals surface area contributed by atoms with Crippen LogP contribution in [0.3, 0.4) is 0 Å². The lowest BCUT2D eigenvalue weighted by Gasteiger charge is -2.11. The van der Waals surface area contributed by atoms with Gasteiger partial charge in [0, 0.05) is 49.8 Å². The minimum absolute atomic E-state index is 0.408. The van der Waals surface area contributed by atoms with Gasteiger partial charge in [-0.25, -0.2) is 18.9 Å². The molecule has 206 valence electrons. The smallest absolute Gasteiger partial charge is 0.227 e. The van der Waals surface area contributed by atoms with Crippen molar-refractivity contribution in [2.45, 2.75) is 40.2 Å². The Labute approximate surface area is 225 Å². The van der Waals surface area contributed by atoms with E-state index in [0.29, 0.717) is 35.4 Å². The molecule has 0 aliphatic heterocycles. The third-order valence-corrected chi connectivity index (χ3v) is 5.88. The standard InChI is InChI=1S/C21H28N4O3S.C6H16N2/c1-7-8-18-17(13-23-29(6)26)11-19(28-18)20-14(2)12-22-21(25-20)24-15(3)9-10-16(4)27-5;1-4-8(3)6-5-7-2/h9-12,23H,3-4,7-8,13H2,1-2,5-6H3,(H,22,24,25);7H,4-6H2,1-3H3/b10-9-;. The molecule has 1 atom stereocenters.